The minimum absolute atomic E-state index is 0.0512. The van der Waals surface area contributed by atoms with E-state index in [2.05, 4.69) is 15.5 Å². The first-order valence-electron chi connectivity index (χ1n) is 10.5. The molecule has 1 aliphatic rings. The fourth-order valence-electron chi connectivity index (χ4n) is 3.54. The van der Waals surface area contributed by atoms with Crippen LogP contribution in [0.5, 0.6) is 11.6 Å². The predicted molar refractivity (Wildman–Crippen MR) is 118 cm³/mol. The van der Waals surface area contributed by atoms with Crippen LogP contribution in [0, 0.1) is 18.6 Å². The van der Waals surface area contributed by atoms with Crippen LogP contribution in [0.2, 0.25) is 0 Å². The second kappa shape index (κ2) is 9.12. The highest BCUT2D eigenvalue weighted by Gasteiger charge is 2.38. The van der Waals surface area contributed by atoms with Crippen LogP contribution in [0.1, 0.15) is 45.9 Å². The van der Waals surface area contributed by atoms with E-state index in [0.717, 1.165) is 25.3 Å². The highest BCUT2D eigenvalue weighted by molar-refractivity contribution is 7.90. The molecule has 4 rings (SSSR count). The first-order valence-corrected chi connectivity index (χ1v) is 12.4. The maximum Gasteiger partial charge on any atom is 0.435 e. The Morgan fingerprint density at radius 1 is 1.08 bits per heavy atom. The molecule has 0 bridgehead atoms. The van der Waals surface area contributed by atoms with Crippen molar-refractivity contribution in [3.8, 4) is 11.6 Å². The minimum atomic E-state index is -4.98. The van der Waals surface area contributed by atoms with Gasteiger partial charge in [0.25, 0.3) is 11.8 Å². The topological polar surface area (TPSA) is 98.2 Å². The zero-order chi connectivity index (χ0) is 26.4. The summed E-state index contributed by atoms with van der Waals surface area (Å²) in [5.41, 5.74) is -2.81. The number of nitrogens with zero attached hydrogens (tertiary/aromatic N) is 2. The molecule has 1 amide bonds. The predicted octanol–water partition coefficient (Wildman–Crippen LogP) is 5.41. The lowest BCUT2D eigenvalue weighted by molar-refractivity contribution is -0.142. The number of carbonyl (C=O) groups excluding carboxylic acids is 1. The Labute approximate surface area is 202 Å². The van der Waals surface area contributed by atoms with Crippen molar-refractivity contribution in [2.24, 2.45) is 0 Å². The molecule has 36 heavy (non-hydrogen) atoms. The molecule has 0 spiro atoms. The summed E-state index contributed by atoms with van der Waals surface area (Å²) in [6, 6.07) is 7.40. The monoisotopic (exact) mass is 527 g/mol. The van der Waals surface area contributed by atoms with Gasteiger partial charge in [-0.2, -0.15) is 17.6 Å². The molecule has 2 aromatic carbocycles. The van der Waals surface area contributed by atoms with E-state index in [1.54, 1.807) is 0 Å². The lowest BCUT2D eigenvalue weighted by Gasteiger charge is -2.16. The van der Waals surface area contributed by atoms with E-state index >= 15 is 0 Å². The Morgan fingerprint density at radius 3 is 2.39 bits per heavy atom. The number of carbonyl (C=O) groups is 1. The highest BCUT2D eigenvalue weighted by Crippen LogP contribution is 2.43. The van der Waals surface area contributed by atoms with Crippen molar-refractivity contribution in [3.05, 3.63) is 70.4 Å². The quantitative estimate of drug-likeness (QED) is 0.431. The van der Waals surface area contributed by atoms with E-state index < -0.39 is 62.0 Å². The second-order valence-electron chi connectivity index (χ2n) is 8.26. The van der Waals surface area contributed by atoms with Crippen molar-refractivity contribution in [1.82, 2.24) is 10.2 Å². The fourth-order valence-corrected chi connectivity index (χ4v) is 4.21. The molecule has 0 aliphatic heterocycles. The summed E-state index contributed by atoms with van der Waals surface area (Å²) in [6.07, 6.45) is -2.64. The summed E-state index contributed by atoms with van der Waals surface area (Å²) < 4.78 is 98.3. The number of benzene rings is 2. The summed E-state index contributed by atoms with van der Waals surface area (Å²) in [5, 5.41) is 8.69. The normalized spacial score (nSPS) is 14.0. The van der Waals surface area contributed by atoms with Crippen LogP contribution in [0.25, 0.3) is 0 Å². The standard InChI is InChI=1S/C23H18F5N3O4S/c1-11-17(21(32)29-13-4-3-5-14(10-13)36(2,33)34)22(31-30-20(11)23(26,27)28)35-16-9-8-15(12-6-7-12)18(24)19(16)25/h3-5,8-10,12H,6-7H2,1-2H3,(H,29,32). The number of hydrogen-bond donors (Lipinski definition) is 1. The van der Waals surface area contributed by atoms with E-state index in [0.29, 0.717) is 12.8 Å². The molecule has 0 saturated heterocycles. The van der Waals surface area contributed by atoms with Crippen LogP contribution in [0.15, 0.2) is 41.3 Å². The van der Waals surface area contributed by atoms with Gasteiger partial charge >= 0.3 is 6.18 Å². The Hall–Kier alpha value is -3.61. The molecule has 1 aliphatic carbocycles. The van der Waals surface area contributed by atoms with Crippen LogP contribution < -0.4 is 10.1 Å². The number of anilines is 1. The maximum atomic E-state index is 14.7. The summed E-state index contributed by atoms with van der Waals surface area (Å²) >= 11 is 0. The van der Waals surface area contributed by atoms with Crippen molar-refractivity contribution in [2.75, 3.05) is 11.6 Å². The summed E-state index contributed by atoms with van der Waals surface area (Å²) in [7, 11) is -3.65. The Morgan fingerprint density at radius 2 is 1.78 bits per heavy atom. The molecular weight excluding hydrogens is 509 g/mol. The van der Waals surface area contributed by atoms with Crippen LogP contribution in [-0.2, 0) is 16.0 Å². The molecule has 0 radical (unpaired) electrons. The molecule has 7 nitrogen and oxygen atoms in total. The van der Waals surface area contributed by atoms with Gasteiger partial charge < -0.3 is 10.1 Å². The molecule has 1 N–H and O–H groups in total. The number of rotatable bonds is 6. The van der Waals surface area contributed by atoms with Gasteiger partial charge in [-0.25, -0.2) is 12.8 Å². The molecule has 1 saturated carbocycles. The number of sulfone groups is 1. The Bertz CT molecular complexity index is 1470. The van der Waals surface area contributed by atoms with Gasteiger partial charge in [0.05, 0.1) is 4.90 Å². The fraction of sp³-hybridized carbons (Fsp3) is 0.261. The number of ether oxygens (including phenoxy) is 1. The third-order valence-corrected chi connectivity index (χ3v) is 6.61. The van der Waals surface area contributed by atoms with Crippen LogP contribution in [-0.4, -0.2) is 30.8 Å². The number of halogens is 5. The van der Waals surface area contributed by atoms with E-state index in [-0.39, 0.29) is 22.1 Å². The molecule has 13 heteroatoms. The van der Waals surface area contributed by atoms with Gasteiger partial charge in [0.15, 0.2) is 27.1 Å². The van der Waals surface area contributed by atoms with Gasteiger partial charge in [0.1, 0.15) is 5.56 Å². The van der Waals surface area contributed by atoms with Gasteiger partial charge in [-0.1, -0.05) is 12.1 Å². The Balaban J connectivity index is 1.76. The van der Waals surface area contributed by atoms with Crippen LogP contribution in [0.4, 0.5) is 27.6 Å². The van der Waals surface area contributed by atoms with Crippen molar-refractivity contribution in [2.45, 2.75) is 36.8 Å². The molecular formula is C23H18F5N3O4S. The number of hydrogen-bond acceptors (Lipinski definition) is 6. The second-order valence-corrected chi connectivity index (χ2v) is 10.3. The summed E-state index contributed by atoms with van der Waals surface area (Å²) in [5.74, 6) is -5.32. The van der Waals surface area contributed by atoms with Gasteiger partial charge in [-0.15, -0.1) is 10.2 Å². The zero-order valence-corrected chi connectivity index (χ0v) is 19.6. The Kier molecular flexibility index (Phi) is 6.45. The lowest BCUT2D eigenvalue weighted by atomic mass is 10.1. The molecule has 0 unspecified atom stereocenters. The minimum Gasteiger partial charge on any atom is -0.434 e. The smallest absolute Gasteiger partial charge is 0.434 e. The molecule has 0 atom stereocenters. The largest absolute Gasteiger partial charge is 0.435 e. The van der Waals surface area contributed by atoms with E-state index in [9.17, 15) is 35.2 Å². The SMILES string of the molecule is Cc1c(C(F)(F)F)nnc(Oc2ccc(C3CC3)c(F)c2F)c1C(=O)Nc1cccc(S(C)(=O)=O)c1. The van der Waals surface area contributed by atoms with E-state index in [1.165, 1.54) is 24.3 Å². The average molecular weight is 527 g/mol. The first kappa shape index (κ1) is 25.5. The average Bonchev–Trinajstić information content (AvgIpc) is 3.61. The number of aromatic nitrogens is 2. The molecule has 3 aromatic rings. The molecule has 1 heterocycles. The molecule has 190 valence electrons. The summed E-state index contributed by atoms with van der Waals surface area (Å²) in [4.78, 5) is 12.9. The lowest BCUT2D eigenvalue weighted by Crippen LogP contribution is -2.21. The van der Waals surface area contributed by atoms with Crippen molar-refractivity contribution in [3.63, 3.8) is 0 Å². The molecule has 1 aromatic heterocycles. The van der Waals surface area contributed by atoms with Crippen molar-refractivity contribution >= 4 is 21.4 Å². The van der Waals surface area contributed by atoms with E-state index in [4.69, 9.17) is 4.74 Å². The van der Waals surface area contributed by atoms with Crippen molar-refractivity contribution < 1.29 is 39.9 Å². The van der Waals surface area contributed by atoms with Crippen molar-refractivity contribution in [1.29, 1.82) is 0 Å². The van der Waals surface area contributed by atoms with Gasteiger partial charge in [-0.05, 0) is 61.1 Å². The molecule has 1 fully saturated rings. The third-order valence-electron chi connectivity index (χ3n) is 5.50. The first-order chi connectivity index (χ1) is 16.8. The van der Waals surface area contributed by atoms with E-state index in [1.807, 2.05) is 0 Å². The van der Waals surface area contributed by atoms with Gasteiger partial charge in [-0.3, -0.25) is 4.79 Å². The number of amides is 1. The highest BCUT2D eigenvalue weighted by atomic mass is 32.2. The third kappa shape index (κ3) is 5.15. The van der Waals surface area contributed by atoms with Gasteiger partial charge in [0, 0.05) is 11.9 Å². The number of alkyl halides is 3. The maximum absolute atomic E-state index is 14.7. The number of nitrogens with one attached hydrogen (secondary N) is 1. The van der Waals surface area contributed by atoms with Crippen LogP contribution in [0.3, 0.4) is 0 Å². The van der Waals surface area contributed by atoms with Crippen LogP contribution >= 0.6 is 0 Å². The van der Waals surface area contributed by atoms with Gasteiger partial charge in [0.2, 0.25) is 5.82 Å². The summed E-state index contributed by atoms with van der Waals surface area (Å²) in [6.45, 7) is 0.944. The zero-order valence-electron chi connectivity index (χ0n) is 18.8.